The zero-order valence-corrected chi connectivity index (χ0v) is 11.9. The number of nitrogens with one attached hydrogen (secondary N) is 1. The van der Waals surface area contributed by atoms with Crippen molar-refractivity contribution < 1.29 is 13.9 Å². The van der Waals surface area contributed by atoms with Gasteiger partial charge in [-0.15, -0.1) is 11.3 Å². The summed E-state index contributed by atoms with van der Waals surface area (Å²) < 4.78 is 9.92. The Bertz CT molecular complexity index is 562. The van der Waals surface area contributed by atoms with Gasteiger partial charge in [0.15, 0.2) is 0 Å². The largest absolute Gasteiger partial charge is 0.467 e. The van der Waals surface area contributed by atoms with Crippen LogP contribution in [-0.4, -0.2) is 18.1 Å². The van der Waals surface area contributed by atoms with Gasteiger partial charge in [0.05, 0.1) is 25.3 Å². The number of ether oxygens (including phenoxy) is 1. The maximum atomic E-state index is 11.3. The first-order valence-corrected chi connectivity index (χ1v) is 6.73. The first-order valence-electron chi connectivity index (χ1n) is 5.91. The molecule has 0 spiro atoms. The van der Waals surface area contributed by atoms with Crippen molar-refractivity contribution in [1.82, 2.24) is 10.3 Å². The molecule has 2 heterocycles. The van der Waals surface area contributed by atoms with Crippen LogP contribution in [0.5, 0.6) is 0 Å². The summed E-state index contributed by atoms with van der Waals surface area (Å²) in [5.74, 6) is 0.305. The number of hydrogen-bond acceptors (Lipinski definition) is 6. The van der Waals surface area contributed by atoms with E-state index in [1.807, 2.05) is 20.0 Å². The van der Waals surface area contributed by atoms with E-state index in [2.05, 4.69) is 15.0 Å². The van der Waals surface area contributed by atoms with E-state index in [-0.39, 0.29) is 6.04 Å². The highest BCUT2D eigenvalue weighted by atomic mass is 32.1. The molecule has 0 amide bonds. The lowest BCUT2D eigenvalue weighted by molar-refractivity contribution is 0.0600. The fourth-order valence-corrected chi connectivity index (χ4v) is 2.41. The second-order valence-corrected chi connectivity index (χ2v) is 5.47. The van der Waals surface area contributed by atoms with E-state index in [0.717, 1.165) is 5.01 Å². The summed E-state index contributed by atoms with van der Waals surface area (Å²) in [6.07, 6.45) is 3.27. The molecule has 0 aliphatic carbocycles. The third kappa shape index (κ3) is 3.42. The van der Waals surface area contributed by atoms with E-state index in [0.29, 0.717) is 17.9 Å². The third-order valence-corrected chi connectivity index (χ3v) is 3.76. The molecule has 2 aromatic heterocycles. The van der Waals surface area contributed by atoms with Gasteiger partial charge in [-0.1, -0.05) is 0 Å². The standard InChI is InChI=1S/C13H16N2O3S/c1-8-5-15-12(19-8)9(2)14-6-11-4-10(7-18-11)13(16)17-3/h4-5,7,9,14H,6H2,1-3H3. The molecule has 0 aliphatic rings. The van der Waals surface area contributed by atoms with Crippen LogP contribution in [0.4, 0.5) is 0 Å². The molecule has 1 atom stereocenters. The Morgan fingerprint density at radius 3 is 3.05 bits per heavy atom. The van der Waals surface area contributed by atoms with E-state index < -0.39 is 5.97 Å². The van der Waals surface area contributed by atoms with Crippen LogP contribution >= 0.6 is 11.3 Å². The molecule has 5 nitrogen and oxygen atoms in total. The van der Waals surface area contributed by atoms with Gasteiger partial charge in [-0.05, 0) is 19.9 Å². The van der Waals surface area contributed by atoms with Gasteiger partial charge in [0, 0.05) is 11.1 Å². The van der Waals surface area contributed by atoms with E-state index in [1.54, 1.807) is 17.4 Å². The molecule has 6 heteroatoms. The number of esters is 1. The zero-order valence-electron chi connectivity index (χ0n) is 11.1. The number of carbonyl (C=O) groups excluding carboxylic acids is 1. The van der Waals surface area contributed by atoms with Crippen LogP contribution in [0.15, 0.2) is 22.9 Å². The molecular weight excluding hydrogens is 264 g/mol. The van der Waals surface area contributed by atoms with Crippen LogP contribution < -0.4 is 5.32 Å². The summed E-state index contributed by atoms with van der Waals surface area (Å²) in [6, 6.07) is 1.82. The highest BCUT2D eigenvalue weighted by Gasteiger charge is 2.12. The number of methoxy groups -OCH3 is 1. The van der Waals surface area contributed by atoms with Crippen molar-refractivity contribution in [1.29, 1.82) is 0 Å². The monoisotopic (exact) mass is 280 g/mol. The SMILES string of the molecule is COC(=O)c1coc(CNC(C)c2ncc(C)s2)c1. The van der Waals surface area contributed by atoms with Gasteiger partial charge < -0.3 is 14.5 Å². The van der Waals surface area contributed by atoms with Gasteiger partial charge in [0.25, 0.3) is 0 Å². The van der Waals surface area contributed by atoms with Crippen LogP contribution in [0.1, 0.15) is 39.0 Å². The topological polar surface area (TPSA) is 64.4 Å². The lowest BCUT2D eigenvalue weighted by Gasteiger charge is -2.09. The Balaban J connectivity index is 1.91. The number of aryl methyl sites for hydroxylation is 1. The highest BCUT2D eigenvalue weighted by molar-refractivity contribution is 7.11. The average Bonchev–Trinajstić information content (AvgIpc) is 3.04. The minimum Gasteiger partial charge on any atom is -0.467 e. The normalized spacial score (nSPS) is 12.4. The Hall–Kier alpha value is -1.66. The predicted molar refractivity (Wildman–Crippen MR) is 72.2 cm³/mol. The molecule has 102 valence electrons. The van der Waals surface area contributed by atoms with Gasteiger partial charge in [-0.3, -0.25) is 0 Å². The molecule has 0 radical (unpaired) electrons. The predicted octanol–water partition coefficient (Wildman–Crippen LogP) is 2.68. The van der Waals surface area contributed by atoms with Crippen LogP contribution in [0.2, 0.25) is 0 Å². The first-order chi connectivity index (χ1) is 9.10. The average molecular weight is 280 g/mol. The first kappa shape index (κ1) is 13.8. The summed E-state index contributed by atoms with van der Waals surface area (Å²) in [7, 11) is 1.35. The molecule has 0 bridgehead atoms. The van der Waals surface area contributed by atoms with Gasteiger partial charge in [0.1, 0.15) is 17.0 Å². The molecular formula is C13H16N2O3S. The van der Waals surface area contributed by atoms with Crippen molar-refractivity contribution in [3.8, 4) is 0 Å². The van der Waals surface area contributed by atoms with Crippen LogP contribution in [-0.2, 0) is 11.3 Å². The van der Waals surface area contributed by atoms with Gasteiger partial charge in [0.2, 0.25) is 0 Å². The quantitative estimate of drug-likeness (QED) is 0.853. The summed E-state index contributed by atoms with van der Waals surface area (Å²) in [5.41, 5.74) is 0.428. The number of furan rings is 1. The number of nitrogens with zero attached hydrogens (tertiary/aromatic N) is 1. The third-order valence-electron chi connectivity index (χ3n) is 2.67. The zero-order chi connectivity index (χ0) is 13.8. The summed E-state index contributed by atoms with van der Waals surface area (Å²) in [5, 5.41) is 4.34. The second-order valence-electron chi connectivity index (χ2n) is 4.21. The van der Waals surface area contributed by atoms with Crippen molar-refractivity contribution >= 4 is 17.3 Å². The number of hydrogen-bond donors (Lipinski definition) is 1. The summed E-state index contributed by atoms with van der Waals surface area (Å²) in [6.45, 7) is 4.61. The molecule has 19 heavy (non-hydrogen) atoms. The van der Waals surface area contributed by atoms with E-state index in [4.69, 9.17) is 4.42 Å². The highest BCUT2D eigenvalue weighted by Crippen LogP contribution is 2.19. The van der Waals surface area contributed by atoms with Gasteiger partial charge >= 0.3 is 5.97 Å². The number of thiazole rings is 1. The van der Waals surface area contributed by atoms with Crippen molar-refractivity contribution in [3.05, 3.63) is 39.7 Å². The molecule has 0 aromatic carbocycles. The van der Waals surface area contributed by atoms with Crippen molar-refractivity contribution in [2.75, 3.05) is 7.11 Å². The minimum absolute atomic E-state index is 0.144. The number of aromatic nitrogens is 1. The van der Waals surface area contributed by atoms with Crippen LogP contribution in [0.3, 0.4) is 0 Å². The van der Waals surface area contributed by atoms with Crippen molar-refractivity contribution in [2.24, 2.45) is 0 Å². The maximum Gasteiger partial charge on any atom is 0.341 e. The molecule has 0 fully saturated rings. The summed E-state index contributed by atoms with van der Waals surface area (Å²) >= 11 is 1.67. The fourth-order valence-electron chi connectivity index (χ4n) is 1.61. The van der Waals surface area contributed by atoms with E-state index in [9.17, 15) is 4.79 Å². The van der Waals surface area contributed by atoms with Crippen molar-refractivity contribution in [2.45, 2.75) is 26.4 Å². The molecule has 1 unspecified atom stereocenters. The number of rotatable bonds is 5. The Morgan fingerprint density at radius 2 is 2.42 bits per heavy atom. The number of carbonyl (C=O) groups is 1. The second kappa shape index (κ2) is 5.99. The molecule has 1 N–H and O–H groups in total. The van der Waals surface area contributed by atoms with E-state index >= 15 is 0 Å². The smallest absolute Gasteiger partial charge is 0.341 e. The van der Waals surface area contributed by atoms with Crippen LogP contribution in [0, 0.1) is 6.92 Å². The molecule has 0 aliphatic heterocycles. The molecule has 2 aromatic rings. The Morgan fingerprint density at radius 1 is 1.63 bits per heavy atom. The Kier molecular flexibility index (Phi) is 4.34. The van der Waals surface area contributed by atoms with Crippen molar-refractivity contribution in [3.63, 3.8) is 0 Å². The minimum atomic E-state index is -0.390. The lowest BCUT2D eigenvalue weighted by Crippen LogP contribution is -2.17. The van der Waals surface area contributed by atoms with Gasteiger partial charge in [-0.25, -0.2) is 9.78 Å². The van der Waals surface area contributed by atoms with E-state index in [1.165, 1.54) is 18.3 Å². The molecule has 0 saturated heterocycles. The lowest BCUT2D eigenvalue weighted by atomic mass is 10.3. The van der Waals surface area contributed by atoms with Gasteiger partial charge in [-0.2, -0.15) is 0 Å². The molecule has 2 rings (SSSR count). The van der Waals surface area contributed by atoms with Crippen LogP contribution in [0.25, 0.3) is 0 Å². The molecule has 0 saturated carbocycles. The summed E-state index contributed by atoms with van der Waals surface area (Å²) in [4.78, 5) is 16.8. The maximum absolute atomic E-state index is 11.3. The Labute approximate surface area is 115 Å². The fraction of sp³-hybridized carbons (Fsp3) is 0.385.